The summed E-state index contributed by atoms with van der Waals surface area (Å²) < 4.78 is 32.9. The van der Waals surface area contributed by atoms with Crippen LogP contribution in [0.15, 0.2) is 83.8 Å². The molecule has 174 valence electrons. The molecule has 0 aliphatic heterocycles. The smallest absolute Gasteiger partial charge is 0.338 e. The van der Waals surface area contributed by atoms with Crippen molar-refractivity contribution in [2.45, 2.75) is 24.8 Å². The minimum absolute atomic E-state index is 0.0118. The van der Waals surface area contributed by atoms with Crippen molar-refractivity contribution in [3.05, 3.63) is 90.0 Å². The highest BCUT2D eigenvalue weighted by atomic mass is 32.2. The molecule has 0 fully saturated rings. The first-order chi connectivity index (χ1) is 16.3. The fourth-order valence-corrected chi connectivity index (χ4v) is 4.72. The second-order valence-electron chi connectivity index (χ2n) is 7.23. The summed E-state index contributed by atoms with van der Waals surface area (Å²) in [5.74, 6) is -1.47. The summed E-state index contributed by atoms with van der Waals surface area (Å²) in [6, 6.07) is 22.5. The maximum atomic E-state index is 13.2. The normalized spacial score (nSPS) is 11.7. The van der Waals surface area contributed by atoms with Gasteiger partial charge in [0, 0.05) is 6.54 Å². The number of anilines is 2. The minimum atomic E-state index is -3.94. The van der Waals surface area contributed by atoms with Crippen molar-refractivity contribution in [2.75, 3.05) is 16.2 Å². The zero-order valence-electron chi connectivity index (χ0n) is 18.6. The van der Waals surface area contributed by atoms with Crippen molar-refractivity contribution >= 4 is 33.3 Å². The average Bonchev–Trinajstić information content (AvgIpc) is 2.85. The molecule has 8 nitrogen and oxygen atoms in total. The Kier molecular flexibility index (Phi) is 7.66. The number of benzene rings is 3. The summed E-state index contributed by atoms with van der Waals surface area (Å²) in [4.78, 5) is 25.0. The topological polar surface area (TPSA) is 117 Å². The number of amides is 1. The lowest BCUT2D eigenvalue weighted by molar-refractivity contribution is -0.123. The highest BCUT2D eigenvalue weighted by molar-refractivity contribution is 7.92. The van der Waals surface area contributed by atoms with E-state index in [1.165, 1.54) is 35.5 Å². The van der Waals surface area contributed by atoms with Gasteiger partial charge in [-0.25, -0.2) is 13.2 Å². The van der Waals surface area contributed by atoms with E-state index in [9.17, 15) is 18.0 Å². The van der Waals surface area contributed by atoms with E-state index >= 15 is 0 Å². The maximum Gasteiger partial charge on any atom is 0.338 e. The molecule has 0 spiro atoms. The number of nitriles is 1. The van der Waals surface area contributed by atoms with E-state index < -0.39 is 28.0 Å². The molecule has 34 heavy (non-hydrogen) atoms. The lowest BCUT2D eigenvalue weighted by atomic mass is 10.2. The standard InChI is InChI=1S/C25H23N3O5S/c1-3-28(21-12-5-4-6-13-21)34(31,32)22-14-9-11-19(16-22)25(30)33-18(2)24(29)27-23-15-8-7-10-20(23)17-26/h4-16,18H,3H2,1-2H3,(H,27,29). The first-order valence-electron chi connectivity index (χ1n) is 10.5. The van der Waals surface area contributed by atoms with Crippen molar-refractivity contribution < 1.29 is 22.7 Å². The zero-order chi connectivity index (χ0) is 24.7. The largest absolute Gasteiger partial charge is 0.449 e. The SMILES string of the molecule is CCN(c1ccccc1)S(=O)(=O)c1cccc(C(=O)OC(C)C(=O)Nc2ccccc2C#N)c1. The predicted molar refractivity (Wildman–Crippen MR) is 128 cm³/mol. The molecule has 0 bridgehead atoms. The number of hydrogen-bond donors (Lipinski definition) is 1. The van der Waals surface area contributed by atoms with E-state index in [4.69, 9.17) is 10.00 Å². The molecule has 1 atom stereocenters. The Labute approximate surface area is 198 Å². The molecule has 0 aliphatic rings. The van der Waals surface area contributed by atoms with E-state index in [0.717, 1.165) is 0 Å². The third-order valence-corrected chi connectivity index (χ3v) is 6.85. The quantitative estimate of drug-likeness (QED) is 0.491. The van der Waals surface area contributed by atoms with Gasteiger partial charge in [-0.05, 0) is 56.3 Å². The summed E-state index contributed by atoms with van der Waals surface area (Å²) in [5, 5.41) is 11.7. The van der Waals surface area contributed by atoms with Crippen LogP contribution in [0, 0.1) is 11.3 Å². The first kappa shape index (κ1) is 24.5. The summed E-state index contributed by atoms with van der Waals surface area (Å²) in [5.41, 5.74) is 1.06. The first-order valence-corrected chi connectivity index (χ1v) is 11.9. The van der Waals surface area contributed by atoms with Gasteiger partial charge in [-0.3, -0.25) is 9.10 Å². The number of ether oxygens (including phenoxy) is 1. The van der Waals surface area contributed by atoms with Crippen LogP contribution >= 0.6 is 0 Å². The van der Waals surface area contributed by atoms with Gasteiger partial charge in [-0.1, -0.05) is 36.4 Å². The zero-order valence-corrected chi connectivity index (χ0v) is 19.5. The second kappa shape index (κ2) is 10.6. The van der Waals surface area contributed by atoms with Gasteiger partial charge in [-0.15, -0.1) is 0 Å². The van der Waals surface area contributed by atoms with E-state index in [1.807, 2.05) is 6.07 Å². The molecule has 3 aromatic rings. The van der Waals surface area contributed by atoms with Crippen molar-refractivity contribution in [2.24, 2.45) is 0 Å². The van der Waals surface area contributed by atoms with Crippen molar-refractivity contribution in [1.29, 1.82) is 5.26 Å². The Bertz CT molecular complexity index is 1330. The number of carbonyl (C=O) groups excluding carboxylic acids is 2. The van der Waals surface area contributed by atoms with Gasteiger partial charge in [0.15, 0.2) is 6.10 Å². The van der Waals surface area contributed by atoms with E-state index in [2.05, 4.69) is 5.32 Å². The Hall–Kier alpha value is -4.16. The Balaban J connectivity index is 1.76. The van der Waals surface area contributed by atoms with Gasteiger partial charge < -0.3 is 10.1 Å². The van der Waals surface area contributed by atoms with Gasteiger partial charge in [-0.2, -0.15) is 5.26 Å². The summed E-state index contributed by atoms with van der Waals surface area (Å²) in [6.07, 6.45) is -1.18. The molecule has 9 heteroatoms. The highest BCUT2D eigenvalue weighted by Gasteiger charge is 2.26. The van der Waals surface area contributed by atoms with Crippen LogP contribution in [0.2, 0.25) is 0 Å². The van der Waals surface area contributed by atoms with Crippen LogP contribution in [0.1, 0.15) is 29.8 Å². The van der Waals surface area contributed by atoms with Crippen LogP contribution in [0.5, 0.6) is 0 Å². The van der Waals surface area contributed by atoms with Crippen molar-refractivity contribution in [1.82, 2.24) is 0 Å². The van der Waals surface area contributed by atoms with Gasteiger partial charge in [0.25, 0.3) is 15.9 Å². The number of para-hydroxylation sites is 2. The number of rotatable bonds is 8. The van der Waals surface area contributed by atoms with Crippen molar-refractivity contribution in [3.8, 4) is 6.07 Å². The monoisotopic (exact) mass is 477 g/mol. The van der Waals surface area contributed by atoms with Crippen LogP contribution in [0.3, 0.4) is 0 Å². The van der Waals surface area contributed by atoms with Gasteiger partial charge in [0.1, 0.15) is 6.07 Å². The fourth-order valence-electron chi connectivity index (χ4n) is 3.20. The van der Waals surface area contributed by atoms with Crippen molar-refractivity contribution in [3.63, 3.8) is 0 Å². The maximum absolute atomic E-state index is 13.2. The molecular formula is C25H23N3O5S. The minimum Gasteiger partial charge on any atom is -0.449 e. The van der Waals surface area contributed by atoms with Crippen LogP contribution < -0.4 is 9.62 Å². The number of nitrogens with one attached hydrogen (secondary N) is 1. The molecule has 1 N–H and O–H groups in total. The third kappa shape index (κ3) is 5.42. The van der Waals surface area contributed by atoms with E-state index in [-0.39, 0.29) is 22.6 Å². The van der Waals surface area contributed by atoms with Gasteiger partial charge in [0.05, 0.1) is 27.4 Å². The summed E-state index contributed by atoms with van der Waals surface area (Å²) >= 11 is 0. The third-order valence-electron chi connectivity index (χ3n) is 4.95. The number of sulfonamides is 1. The lowest BCUT2D eigenvalue weighted by Crippen LogP contribution is -2.31. The Morgan fingerprint density at radius 3 is 2.38 bits per heavy atom. The number of hydrogen-bond acceptors (Lipinski definition) is 6. The molecule has 0 aliphatic carbocycles. The highest BCUT2D eigenvalue weighted by Crippen LogP contribution is 2.24. The molecular weight excluding hydrogens is 454 g/mol. The van der Waals surface area contributed by atoms with Crippen LogP contribution in [-0.4, -0.2) is 32.9 Å². The Morgan fingerprint density at radius 2 is 1.71 bits per heavy atom. The molecule has 1 amide bonds. The van der Waals surface area contributed by atoms with Crippen LogP contribution in [0.4, 0.5) is 11.4 Å². The molecule has 3 rings (SSSR count). The molecule has 0 saturated heterocycles. The second-order valence-corrected chi connectivity index (χ2v) is 9.09. The lowest BCUT2D eigenvalue weighted by Gasteiger charge is -2.23. The van der Waals surface area contributed by atoms with E-state index in [1.54, 1.807) is 61.5 Å². The molecule has 0 saturated carbocycles. The number of nitrogens with zero attached hydrogens (tertiary/aromatic N) is 2. The summed E-state index contributed by atoms with van der Waals surface area (Å²) in [6.45, 7) is 3.30. The molecule has 0 aromatic heterocycles. The molecule has 3 aromatic carbocycles. The molecule has 0 radical (unpaired) electrons. The Morgan fingerprint density at radius 1 is 1.03 bits per heavy atom. The van der Waals surface area contributed by atoms with Gasteiger partial charge in [0.2, 0.25) is 0 Å². The van der Waals surface area contributed by atoms with Gasteiger partial charge >= 0.3 is 5.97 Å². The van der Waals surface area contributed by atoms with Crippen LogP contribution in [-0.2, 0) is 19.6 Å². The van der Waals surface area contributed by atoms with Crippen LogP contribution in [0.25, 0.3) is 0 Å². The van der Waals surface area contributed by atoms with E-state index in [0.29, 0.717) is 11.4 Å². The predicted octanol–water partition coefficient (Wildman–Crippen LogP) is 3.96. The summed E-state index contributed by atoms with van der Waals surface area (Å²) in [7, 11) is -3.94. The average molecular weight is 478 g/mol. The number of esters is 1. The fraction of sp³-hybridized carbons (Fsp3) is 0.160. The number of carbonyl (C=O) groups is 2. The molecule has 1 unspecified atom stereocenters. The molecule has 0 heterocycles.